The number of nitrogens with two attached hydrogens (primary N) is 2. The Kier molecular flexibility index (Phi) is 6.40. The van der Waals surface area contributed by atoms with Crippen molar-refractivity contribution in [1.29, 1.82) is 0 Å². The third-order valence-corrected chi connectivity index (χ3v) is 5.16. The Morgan fingerprint density at radius 3 is 2.39 bits per heavy atom. The highest BCUT2D eigenvalue weighted by atomic mass is 16.5. The van der Waals surface area contributed by atoms with Crippen molar-refractivity contribution in [3.63, 3.8) is 0 Å². The van der Waals surface area contributed by atoms with Crippen LogP contribution in [-0.4, -0.2) is 24.9 Å². The molecule has 0 aromatic heterocycles. The Hall–Kier alpha value is -4.52. The molecule has 0 spiro atoms. The molecule has 33 heavy (non-hydrogen) atoms. The lowest BCUT2D eigenvalue weighted by Gasteiger charge is -2.14. The van der Waals surface area contributed by atoms with Gasteiger partial charge in [-0.25, -0.2) is 4.99 Å². The molecule has 1 unspecified atom stereocenters. The molecule has 1 aliphatic heterocycles. The number of nitrogens with zero attached hydrogens (tertiary/aromatic N) is 1. The van der Waals surface area contributed by atoms with Crippen LogP contribution in [0, 0.1) is 0 Å². The Labute approximate surface area is 192 Å². The van der Waals surface area contributed by atoms with Crippen LogP contribution in [-0.2, 0) is 4.79 Å². The van der Waals surface area contributed by atoms with E-state index in [9.17, 15) is 4.79 Å². The number of hydrogen-bond acceptors (Lipinski definition) is 6. The maximum absolute atomic E-state index is 12.9. The molecule has 3 aromatic carbocycles. The van der Waals surface area contributed by atoms with E-state index in [2.05, 4.69) is 10.6 Å². The van der Waals surface area contributed by atoms with E-state index < -0.39 is 6.17 Å². The summed E-state index contributed by atoms with van der Waals surface area (Å²) in [5.74, 6) is 0.696. The van der Waals surface area contributed by atoms with E-state index in [4.69, 9.17) is 21.2 Å². The fraction of sp³-hybridized carbons (Fsp3) is 0.0769. The molecule has 0 fully saturated rings. The topological polar surface area (TPSA) is 115 Å². The van der Waals surface area contributed by atoms with Crippen molar-refractivity contribution in [2.75, 3.05) is 12.4 Å². The van der Waals surface area contributed by atoms with Gasteiger partial charge in [0.2, 0.25) is 6.17 Å². The minimum absolute atomic E-state index is 0.258. The number of aliphatic imine (C=N–C) groups is 1. The molecule has 3 aromatic rings. The summed E-state index contributed by atoms with van der Waals surface area (Å²) in [6, 6.07) is 24.7. The second kappa shape index (κ2) is 9.74. The number of fused-ring (bicyclic) bond motifs is 1. The number of anilines is 1. The molecule has 0 bridgehead atoms. The Balaban J connectivity index is 1.60. The number of hydrogen-bond donors (Lipinski definition) is 4. The number of nitrogens with one attached hydrogen (secondary N) is 2. The maximum Gasteiger partial charge on any atom is 0.269 e. The number of carbonyl (C=O) groups is 1. The standard InChI is InChI=1S/C26H25N5O2/c1-33-19-13-11-17(12-14-19)21(27)15-16-23(28)30-25-26(32)29-22-10-6-5-9-20(22)24(31-25)18-7-3-2-4-8-18/h2-16,25,30H,27-28H2,1H3,(H,29,32)/b21-15-,23-16+. The number of carbonyl (C=O) groups excluding carboxylic acids is 1. The van der Waals surface area contributed by atoms with Crippen molar-refractivity contribution in [3.05, 3.63) is 114 Å². The first-order valence-electron chi connectivity index (χ1n) is 10.4. The fourth-order valence-corrected chi connectivity index (χ4v) is 3.45. The minimum Gasteiger partial charge on any atom is -0.497 e. The lowest BCUT2D eigenvalue weighted by molar-refractivity contribution is -0.117. The molecular weight excluding hydrogens is 414 g/mol. The average molecular weight is 440 g/mol. The predicted molar refractivity (Wildman–Crippen MR) is 132 cm³/mol. The summed E-state index contributed by atoms with van der Waals surface area (Å²) in [5.41, 5.74) is 16.8. The highest BCUT2D eigenvalue weighted by molar-refractivity contribution is 6.19. The molecule has 6 N–H and O–H groups in total. The predicted octanol–water partition coefficient (Wildman–Crippen LogP) is 3.20. The van der Waals surface area contributed by atoms with E-state index in [1.807, 2.05) is 78.9 Å². The molecule has 4 rings (SSSR count). The van der Waals surface area contributed by atoms with E-state index in [1.54, 1.807) is 19.3 Å². The van der Waals surface area contributed by atoms with E-state index in [0.29, 0.717) is 17.1 Å². The van der Waals surface area contributed by atoms with Crippen LogP contribution in [0.3, 0.4) is 0 Å². The lowest BCUT2D eigenvalue weighted by Crippen LogP contribution is -2.40. The number of ether oxygens (including phenoxy) is 1. The third kappa shape index (κ3) is 5.04. The van der Waals surface area contributed by atoms with Gasteiger partial charge in [-0.3, -0.25) is 4.79 Å². The van der Waals surface area contributed by atoms with Gasteiger partial charge in [-0.2, -0.15) is 0 Å². The van der Waals surface area contributed by atoms with Crippen molar-refractivity contribution in [1.82, 2.24) is 5.32 Å². The van der Waals surface area contributed by atoms with Crippen molar-refractivity contribution < 1.29 is 9.53 Å². The summed E-state index contributed by atoms with van der Waals surface area (Å²) >= 11 is 0. The molecular formula is C26H25N5O2. The molecule has 0 aliphatic carbocycles. The third-order valence-electron chi connectivity index (χ3n) is 5.16. The molecule has 0 radical (unpaired) electrons. The van der Waals surface area contributed by atoms with Crippen molar-refractivity contribution >= 4 is 23.0 Å². The molecule has 0 saturated carbocycles. The van der Waals surface area contributed by atoms with Crippen molar-refractivity contribution in [2.45, 2.75) is 6.17 Å². The lowest BCUT2D eigenvalue weighted by atomic mass is 10.0. The fourth-order valence-electron chi connectivity index (χ4n) is 3.45. The normalized spacial score (nSPS) is 16.2. The number of benzene rings is 3. The van der Waals surface area contributed by atoms with Gasteiger partial charge >= 0.3 is 0 Å². The molecule has 1 aliphatic rings. The quantitative estimate of drug-likeness (QED) is 0.441. The second-order valence-corrected chi connectivity index (χ2v) is 7.40. The number of rotatable bonds is 6. The van der Waals surface area contributed by atoms with Gasteiger partial charge in [0.15, 0.2) is 0 Å². The zero-order valence-corrected chi connectivity index (χ0v) is 18.2. The highest BCUT2D eigenvalue weighted by Gasteiger charge is 2.25. The SMILES string of the molecule is COc1ccc(/C(N)=C/C=C(\N)NC2N=C(c3ccccc3)c3ccccc3NC2=O)cc1. The first-order valence-corrected chi connectivity index (χ1v) is 10.4. The van der Waals surface area contributed by atoms with Gasteiger partial charge in [0.1, 0.15) is 5.75 Å². The summed E-state index contributed by atoms with van der Waals surface area (Å²) in [4.78, 5) is 17.6. The van der Waals surface area contributed by atoms with Crippen LogP contribution in [0.1, 0.15) is 16.7 Å². The zero-order chi connectivity index (χ0) is 23.2. The molecule has 1 heterocycles. The molecule has 166 valence electrons. The van der Waals surface area contributed by atoms with E-state index in [0.717, 1.165) is 22.4 Å². The summed E-state index contributed by atoms with van der Waals surface area (Å²) < 4.78 is 5.16. The molecule has 7 heteroatoms. The summed E-state index contributed by atoms with van der Waals surface area (Å²) in [6.07, 6.45) is 2.37. The van der Waals surface area contributed by atoms with Crippen LogP contribution in [0.2, 0.25) is 0 Å². The molecule has 7 nitrogen and oxygen atoms in total. The second-order valence-electron chi connectivity index (χ2n) is 7.40. The van der Waals surface area contributed by atoms with Crippen molar-refractivity contribution in [3.8, 4) is 5.75 Å². The van der Waals surface area contributed by atoms with Crippen LogP contribution >= 0.6 is 0 Å². The maximum atomic E-state index is 12.9. The molecule has 1 amide bonds. The van der Waals surface area contributed by atoms with Gasteiger partial charge in [0.25, 0.3) is 5.91 Å². The molecule has 1 atom stereocenters. The van der Waals surface area contributed by atoms with Crippen molar-refractivity contribution in [2.24, 2.45) is 16.5 Å². The summed E-state index contributed by atoms with van der Waals surface area (Å²) in [5, 5.41) is 5.92. The first kappa shape index (κ1) is 21.7. The number of allylic oxidation sites excluding steroid dienone is 2. The van der Waals surface area contributed by atoms with Gasteiger partial charge in [-0.05, 0) is 48.0 Å². The van der Waals surface area contributed by atoms with E-state index in [1.165, 1.54) is 0 Å². The monoisotopic (exact) mass is 439 g/mol. The molecule has 0 saturated heterocycles. The van der Waals surface area contributed by atoms with E-state index >= 15 is 0 Å². The number of methoxy groups -OCH3 is 1. The minimum atomic E-state index is -0.917. The number of para-hydroxylation sites is 1. The van der Waals surface area contributed by atoms with Crippen LogP contribution in [0.15, 0.2) is 102 Å². The van der Waals surface area contributed by atoms with Gasteiger partial charge in [-0.1, -0.05) is 48.5 Å². The van der Waals surface area contributed by atoms with Crippen LogP contribution < -0.4 is 26.8 Å². The smallest absolute Gasteiger partial charge is 0.269 e. The largest absolute Gasteiger partial charge is 0.497 e. The van der Waals surface area contributed by atoms with Gasteiger partial charge in [0.05, 0.1) is 24.3 Å². The van der Waals surface area contributed by atoms with E-state index in [-0.39, 0.29) is 11.7 Å². The van der Waals surface area contributed by atoms with Crippen LogP contribution in [0.25, 0.3) is 5.70 Å². The van der Waals surface area contributed by atoms with Crippen LogP contribution in [0.4, 0.5) is 5.69 Å². The van der Waals surface area contributed by atoms with Gasteiger partial charge < -0.3 is 26.8 Å². The number of benzodiazepines with no additional fused rings is 1. The Bertz CT molecular complexity index is 1230. The number of amides is 1. The van der Waals surface area contributed by atoms with Gasteiger partial charge in [-0.15, -0.1) is 0 Å². The van der Waals surface area contributed by atoms with Gasteiger partial charge in [0, 0.05) is 16.8 Å². The highest BCUT2D eigenvalue weighted by Crippen LogP contribution is 2.23. The Morgan fingerprint density at radius 2 is 1.67 bits per heavy atom. The average Bonchev–Trinajstić information content (AvgIpc) is 2.99. The first-order chi connectivity index (χ1) is 16.0. The Morgan fingerprint density at radius 1 is 0.970 bits per heavy atom. The summed E-state index contributed by atoms with van der Waals surface area (Å²) in [6.45, 7) is 0. The summed E-state index contributed by atoms with van der Waals surface area (Å²) in [7, 11) is 1.61. The van der Waals surface area contributed by atoms with Crippen LogP contribution in [0.5, 0.6) is 5.75 Å². The zero-order valence-electron chi connectivity index (χ0n) is 18.2.